The third kappa shape index (κ3) is 6.19. The Kier molecular flexibility index (Phi) is 8.42. The maximum absolute atomic E-state index is 11.6. The van der Waals surface area contributed by atoms with Crippen LogP contribution in [0.15, 0.2) is 0 Å². The summed E-state index contributed by atoms with van der Waals surface area (Å²) in [7, 11) is 1.74. The van der Waals surface area contributed by atoms with Gasteiger partial charge in [-0.25, -0.2) is 0 Å². The van der Waals surface area contributed by atoms with E-state index in [1.54, 1.807) is 7.05 Å². The quantitative estimate of drug-likeness (QED) is 0.435. The van der Waals surface area contributed by atoms with Crippen molar-refractivity contribution in [3.8, 4) is 0 Å². The highest BCUT2D eigenvalue weighted by molar-refractivity contribution is 9.09. The minimum Gasteiger partial charge on any atom is -0.340 e. The molecule has 0 saturated heterocycles. The van der Waals surface area contributed by atoms with Crippen LogP contribution >= 0.6 is 15.9 Å². The number of nitrogens with one attached hydrogen (secondary N) is 3. The number of carbonyl (C=O) groups excluding carboxylic acids is 2. The molecular weight excluding hydrogens is 274 g/mol. The number of rotatable bonds is 8. The van der Waals surface area contributed by atoms with Gasteiger partial charge in [-0.3, -0.25) is 14.9 Å². The van der Waals surface area contributed by atoms with E-state index in [1.807, 2.05) is 13.8 Å². The molecule has 0 rings (SSSR count). The zero-order valence-corrected chi connectivity index (χ0v) is 11.6. The molecule has 94 valence electrons. The van der Waals surface area contributed by atoms with Crippen molar-refractivity contribution in [2.75, 3.05) is 18.9 Å². The molecule has 6 heteroatoms. The summed E-state index contributed by atoms with van der Waals surface area (Å²) < 4.78 is 0. The topological polar surface area (TPSA) is 70.2 Å². The zero-order valence-electron chi connectivity index (χ0n) is 9.97. The van der Waals surface area contributed by atoms with E-state index in [4.69, 9.17) is 0 Å². The van der Waals surface area contributed by atoms with Crippen molar-refractivity contribution in [3.05, 3.63) is 0 Å². The minimum atomic E-state index is -0.224. The smallest absolute Gasteiger partial charge is 0.231 e. The van der Waals surface area contributed by atoms with Gasteiger partial charge in [-0.1, -0.05) is 22.9 Å². The average molecular weight is 294 g/mol. The normalized spacial score (nSPS) is 14.2. The maximum Gasteiger partial charge on any atom is 0.231 e. The van der Waals surface area contributed by atoms with E-state index in [0.717, 1.165) is 0 Å². The first-order valence-electron chi connectivity index (χ1n) is 5.33. The molecule has 0 bridgehead atoms. The summed E-state index contributed by atoms with van der Waals surface area (Å²) in [4.78, 5) is 22.7. The van der Waals surface area contributed by atoms with Crippen molar-refractivity contribution in [2.24, 2.45) is 0 Å². The van der Waals surface area contributed by atoms with Crippen molar-refractivity contribution < 1.29 is 9.59 Å². The van der Waals surface area contributed by atoms with E-state index in [0.29, 0.717) is 13.0 Å². The molecule has 16 heavy (non-hydrogen) atoms. The van der Waals surface area contributed by atoms with Crippen molar-refractivity contribution in [1.29, 1.82) is 0 Å². The number of amides is 1. The molecule has 0 fully saturated rings. The second-order valence-corrected chi connectivity index (χ2v) is 4.11. The molecule has 1 amide bonds. The fourth-order valence-corrected chi connectivity index (χ4v) is 1.52. The molecule has 0 aromatic heterocycles. The molecular formula is C10H20BrN3O2. The minimum absolute atomic E-state index is 0.101. The zero-order chi connectivity index (χ0) is 12.6. The lowest BCUT2D eigenvalue weighted by atomic mass is 10.1. The van der Waals surface area contributed by atoms with Crippen LogP contribution in [-0.2, 0) is 9.59 Å². The average Bonchev–Trinajstić information content (AvgIpc) is 2.25. The van der Waals surface area contributed by atoms with E-state index >= 15 is 0 Å². The van der Waals surface area contributed by atoms with E-state index in [9.17, 15) is 9.59 Å². The SMILES string of the molecule is CC[C@H](NC(C)NC(=O)CBr)C(=O)CNC. The van der Waals surface area contributed by atoms with Crippen LogP contribution in [-0.4, -0.2) is 42.8 Å². The van der Waals surface area contributed by atoms with E-state index in [1.165, 1.54) is 0 Å². The van der Waals surface area contributed by atoms with Gasteiger partial charge >= 0.3 is 0 Å². The first-order valence-corrected chi connectivity index (χ1v) is 6.46. The van der Waals surface area contributed by atoms with Gasteiger partial charge in [-0.15, -0.1) is 0 Å². The van der Waals surface area contributed by atoms with E-state index in [2.05, 4.69) is 31.9 Å². The molecule has 1 unspecified atom stereocenters. The lowest BCUT2D eigenvalue weighted by Gasteiger charge is -2.21. The Hall–Kier alpha value is -0.460. The van der Waals surface area contributed by atoms with Crippen LogP contribution in [0, 0.1) is 0 Å². The molecule has 5 nitrogen and oxygen atoms in total. The van der Waals surface area contributed by atoms with Gasteiger partial charge in [0.15, 0.2) is 5.78 Å². The van der Waals surface area contributed by atoms with Gasteiger partial charge in [0.05, 0.1) is 24.1 Å². The second kappa shape index (κ2) is 8.66. The second-order valence-electron chi connectivity index (χ2n) is 3.55. The largest absolute Gasteiger partial charge is 0.340 e. The summed E-state index contributed by atoms with van der Waals surface area (Å²) >= 11 is 3.06. The Morgan fingerprint density at radius 2 is 2.00 bits per heavy atom. The van der Waals surface area contributed by atoms with Crippen LogP contribution in [0.3, 0.4) is 0 Å². The maximum atomic E-state index is 11.6. The number of halogens is 1. The monoisotopic (exact) mass is 293 g/mol. The number of likely N-dealkylation sites (N-methyl/N-ethyl adjacent to an activating group) is 1. The molecule has 0 aromatic rings. The third-order valence-electron chi connectivity index (χ3n) is 2.10. The number of carbonyl (C=O) groups is 2. The molecule has 0 aliphatic heterocycles. The Morgan fingerprint density at radius 3 is 2.44 bits per heavy atom. The summed E-state index contributed by atoms with van der Waals surface area (Å²) in [5.41, 5.74) is 0. The number of alkyl halides is 1. The Balaban J connectivity index is 4.10. The van der Waals surface area contributed by atoms with Crippen LogP contribution in [0.25, 0.3) is 0 Å². The number of Topliss-reactive ketones (excluding diaryl/α,β-unsaturated/α-hetero) is 1. The molecule has 0 aromatic carbocycles. The number of hydrogen-bond acceptors (Lipinski definition) is 4. The van der Waals surface area contributed by atoms with Crippen molar-refractivity contribution in [1.82, 2.24) is 16.0 Å². The lowest BCUT2D eigenvalue weighted by Crippen LogP contribution is -2.51. The molecule has 0 heterocycles. The number of hydrogen-bond donors (Lipinski definition) is 3. The van der Waals surface area contributed by atoms with Gasteiger partial charge in [0.25, 0.3) is 0 Å². The summed E-state index contributed by atoms with van der Waals surface area (Å²) in [5.74, 6) is 0.000796. The van der Waals surface area contributed by atoms with Crippen LogP contribution in [0.5, 0.6) is 0 Å². The van der Waals surface area contributed by atoms with Crippen LogP contribution in [0.4, 0.5) is 0 Å². The Labute approximate surface area is 105 Å². The predicted molar refractivity (Wildman–Crippen MR) is 67.5 cm³/mol. The Bertz CT molecular complexity index is 236. The standard InChI is InChI=1S/C10H20BrN3O2/c1-4-8(9(15)6-12-3)13-7(2)14-10(16)5-11/h7-8,12-13H,4-6H2,1-3H3,(H,14,16)/t7?,8-/m0/s1. The van der Waals surface area contributed by atoms with Gasteiger partial charge in [0.1, 0.15) is 0 Å². The molecule has 0 radical (unpaired) electrons. The van der Waals surface area contributed by atoms with Crippen LogP contribution < -0.4 is 16.0 Å². The third-order valence-corrected chi connectivity index (χ3v) is 2.61. The summed E-state index contributed by atoms with van der Waals surface area (Å²) in [5, 5.41) is 8.88. The highest BCUT2D eigenvalue weighted by Crippen LogP contribution is 1.94. The van der Waals surface area contributed by atoms with Gasteiger partial charge in [0.2, 0.25) is 5.91 Å². The van der Waals surface area contributed by atoms with Crippen molar-refractivity contribution in [3.63, 3.8) is 0 Å². The van der Waals surface area contributed by atoms with Crippen molar-refractivity contribution in [2.45, 2.75) is 32.5 Å². The highest BCUT2D eigenvalue weighted by Gasteiger charge is 2.17. The first kappa shape index (κ1) is 15.5. The van der Waals surface area contributed by atoms with E-state index in [-0.39, 0.29) is 29.2 Å². The fourth-order valence-electron chi connectivity index (χ4n) is 1.36. The molecule has 2 atom stereocenters. The first-order chi connectivity index (χ1) is 7.54. The summed E-state index contributed by atoms with van der Waals surface area (Å²) in [6.07, 6.45) is 0.491. The summed E-state index contributed by atoms with van der Waals surface area (Å²) in [6, 6.07) is -0.224. The highest BCUT2D eigenvalue weighted by atomic mass is 79.9. The fraction of sp³-hybridized carbons (Fsp3) is 0.800. The van der Waals surface area contributed by atoms with Crippen molar-refractivity contribution >= 4 is 27.6 Å². The van der Waals surface area contributed by atoms with Gasteiger partial charge < -0.3 is 10.6 Å². The summed E-state index contributed by atoms with van der Waals surface area (Å²) in [6.45, 7) is 4.09. The number of ketones is 1. The van der Waals surface area contributed by atoms with Gasteiger partial charge in [0, 0.05) is 0 Å². The van der Waals surface area contributed by atoms with E-state index < -0.39 is 0 Å². The molecule has 0 aliphatic rings. The molecule has 0 aliphatic carbocycles. The van der Waals surface area contributed by atoms with Crippen LogP contribution in [0.1, 0.15) is 20.3 Å². The predicted octanol–water partition coefficient (Wildman–Crippen LogP) is 0.000200. The van der Waals surface area contributed by atoms with Gasteiger partial charge in [-0.2, -0.15) is 0 Å². The van der Waals surface area contributed by atoms with Gasteiger partial charge in [-0.05, 0) is 20.4 Å². The Morgan fingerprint density at radius 1 is 1.38 bits per heavy atom. The lowest BCUT2D eigenvalue weighted by molar-refractivity contribution is -0.122. The van der Waals surface area contributed by atoms with Crippen LogP contribution in [0.2, 0.25) is 0 Å². The molecule has 3 N–H and O–H groups in total. The molecule has 0 spiro atoms. The molecule has 0 saturated carbocycles.